The molecule has 0 spiro atoms. The van der Waals surface area contributed by atoms with Gasteiger partial charge in [0.25, 0.3) is 0 Å². The maximum atomic E-state index is 5.52. The predicted molar refractivity (Wildman–Crippen MR) is 68.9 cm³/mol. The molecule has 2 N–H and O–H groups in total. The highest BCUT2D eigenvalue weighted by molar-refractivity contribution is 7.09. The number of hydrogen-bond acceptors (Lipinski definition) is 5. The summed E-state index contributed by atoms with van der Waals surface area (Å²) in [5, 5.41) is 11.4. The summed E-state index contributed by atoms with van der Waals surface area (Å²) in [7, 11) is 0. The van der Waals surface area contributed by atoms with E-state index < -0.39 is 0 Å². The molecule has 0 aliphatic rings. The van der Waals surface area contributed by atoms with Crippen molar-refractivity contribution in [2.24, 2.45) is 5.73 Å². The summed E-state index contributed by atoms with van der Waals surface area (Å²) in [6.45, 7) is 5.68. The van der Waals surface area contributed by atoms with Crippen LogP contribution in [-0.2, 0) is 13.0 Å². The summed E-state index contributed by atoms with van der Waals surface area (Å²) in [5.41, 5.74) is 6.43. The molecule has 0 aliphatic carbocycles. The third-order valence-electron chi connectivity index (χ3n) is 2.52. The van der Waals surface area contributed by atoms with Crippen LogP contribution in [0.25, 0.3) is 11.5 Å². The minimum Gasteiger partial charge on any atom is -0.330 e. The summed E-state index contributed by atoms with van der Waals surface area (Å²) in [4.78, 5) is 4.54. The van der Waals surface area contributed by atoms with Crippen LogP contribution in [0.4, 0.5) is 0 Å². The molecule has 0 radical (unpaired) electrons. The minimum absolute atomic E-state index is 0.633. The van der Waals surface area contributed by atoms with Crippen LogP contribution >= 0.6 is 11.3 Å². The molecule has 0 saturated carbocycles. The Balaban J connectivity index is 2.31. The van der Waals surface area contributed by atoms with E-state index in [4.69, 9.17) is 5.73 Å². The number of nitrogens with zero attached hydrogens (tertiary/aromatic N) is 4. The normalized spacial score (nSPS) is 11.0. The molecule has 5 nitrogen and oxygen atoms in total. The lowest BCUT2D eigenvalue weighted by molar-refractivity contribution is 0.662. The summed E-state index contributed by atoms with van der Waals surface area (Å²) in [6.07, 6.45) is 1.89. The predicted octanol–water partition coefficient (Wildman–Crippen LogP) is 1.62. The molecule has 0 atom stereocenters. The van der Waals surface area contributed by atoms with Gasteiger partial charge in [-0.05, 0) is 19.9 Å². The molecule has 17 heavy (non-hydrogen) atoms. The molecule has 0 bridgehead atoms. The molecule has 0 amide bonds. The number of aromatic nitrogens is 4. The monoisotopic (exact) mass is 251 g/mol. The van der Waals surface area contributed by atoms with Crippen molar-refractivity contribution in [2.45, 2.75) is 33.2 Å². The van der Waals surface area contributed by atoms with E-state index in [1.165, 1.54) is 0 Å². The Morgan fingerprint density at radius 1 is 1.41 bits per heavy atom. The van der Waals surface area contributed by atoms with Gasteiger partial charge in [0, 0.05) is 18.3 Å². The topological polar surface area (TPSA) is 69.6 Å². The molecular weight excluding hydrogens is 234 g/mol. The van der Waals surface area contributed by atoms with Crippen LogP contribution in [0.3, 0.4) is 0 Å². The lowest BCUT2D eigenvalue weighted by atomic mass is 10.4. The lowest BCUT2D eigenvalue weighted by Crippen LogP contribution is -2.03. The van der Waals surface area contributed by atoms with Crippen LogP contribution in [0.2, 0.25) is 0 Å². The second kappa shape index (κ2) is 5.37. The van der Waals surface area contributed by atoms with Crippen LogP contribution in [-0.4, -0.2) is 26.3 Å². The number of nitrogens with two attached hydrogens (primary N) is 1. The first-order valence-electron chi connectivity index (χ1n) is 5.81. The Labute approximate surface area is 105 Å². The Kier molecular flexibility index (Phi) is 3.86. The van der Waals surface area contributed by atoms with Gasteiger partial charge in [0.1, 0.15) is 11.5 Å². The van der Waals surface area contributed by atoms with E-state index in [-0.39, 0.29) is 0 Å². The number of aryl methyl sites for hydroxylation is 1. The number of hydrogen-bond donors (Lipinski definition) is 1. The highest BCUT2D eigenvalue weighted by atomic mass is 32.1. The van der Waals surface area contributed by atoms with E-state index in [9.17, 15) is 0 Å². The van der Waals surface area contributed by atoms with Crippen molar-refractivity contribution >= 4 is 11.3 Å². The van der Waals surface area contributed by atoms with E-state index in [2.05, 4.69) is 26.7 Å². The first kappa shape index (κ1) is 12.2. The molecule has 2 aromatic rings. The zero-order valence-electron chi connectivity index (χ0n) is 10.2. The number of thiazole rings is 1. The van der Waals surface area contributed by atoms with Crippen LogP contribution in [0.15, 0.2) is 5.38 Å². The van der Waals surface area contributed by atoms with E-state index in [0.717, 1.165) is 41.7 Å². The third-order valence-corrected chi connectivity index (χ3v) is 3.43. The van der Waals surface area contributed by atoms with E-state index in [0.29, 0.717) is 6.54 Å². The number of rotatable bonds is 5. The molecule has 0 unspecified atom stereocenters. The lowest BCUT2D eigenvalue weighted by Gasteiger charge is -2.04. The zero-order chi connectivity index (χ0) is 12.3. The average molecular weight is 251 g/mol. The van der Waals surface area contributed by atoms with Gasteiger partial charge in [0.2, 0.25) is 0 Å². The maximum Gasteiger partial charge on any atom is 0.183 e. The molecule has 2 aromatic heterocycles. The first-order valence-corrected chi connectivity index (χ1v) is 6.68. The van der Waals surface area contributed by atoms with Gasteiger partial charge in [-0.15, -0.1) is 21.5 Å². The molecular formula is C11H17N5S. The largest absolute Gasteiger partial charge is 0.330 e. The molecule has 6 heteroatoms. The minimum atomic E-state index is 0.633. The highest BCUT2D eigenvalue weighted by Gasteiger charge is 2.13. The summed E-state index contributed by atoms with van der Waals surface area (Å²) in [5.74, 6) is 1.80. The molecule has 0 aliphatic heterocycles. The van der Waals surface area contributed by atoms with Crippen molar-refractivity contribution in [3.05, 3.63) is 16.2 Å². The van der Waals surface area contributed by atoms with Gasteiger partial charge >= 0.3 is 0 Å². The average Bonchev–Trinajstić information content (AvgIpc) is 2.89. The second-order valence-corrected chi connectivity index (χ2v) is 4.83. The molecule has 2 rings (SSSR count). The molecule has 0 aromatic carbocycles. The van der Waals surface area contributed by atoms with Gasteiger partial charge in [-0.1, -0.05) is 6.92 Å². The molecule has 2 heterocycles. The van der Waals surface area contributed by atoms with Crippen molar-refractivity contribution in [3.63, 3.8) is 0 Å². The highest BCUT2D eigenvalue weighted by Crippen LogP contribution is 2.21. The van der Waals surface area contributed by atoms with Gasteiger partial charge in [-0.2, -0.15) is 0 Å². The van der Waals surface area contributed by atoms with E-state index >= 15 is 0 Å². The van der Waals surface area contributed by atoms with Crippen LogP contribution in [0.5, 0.6) is 0 Å². The summed E-state index contributed by atoms with van der Waals surface area (Å²) < 4.78 is 2.11. The SMILES string of the molecule is CCCn1c(C)nnc1-c1csc(CCN)n1. The van der Waals surface area contributed by atoms with Crippen molar-refractivity contribution < 1.29 is 0 Å². The van der Waals surface area contributed by atoms with Gasteiger partial charge < -0.3 is 10.3 Å². The second-order valence-electron chi connectivity index (χ2n) is 3.89. The summed E-state index contributed by atoms with van der Waals surface area (Å²) >= 11 is 1.63. The van der Waals surface area contributed by atoms with Crippen LogP contribution in [0, 0.1) is 6.92 Å². The van der Waals surface area contributed by atoms with Crippen LogP contribution < -0.4 is 5.73 Å². The third kappa shape index (κ3) is 2.53. The van der Waals surface area contributed by atoms with E-state index in [1.54, 1.807) is 11.3 Å². The van der Waals surface area contributed by atoms with Crippen molar-refractivity contribution in [1.29, 1.82) is 0 Å². The fraction of sp³-hybridized carbons (Fsp3) is 0.545. The van der Waals surface area contributed by atoms with Crippen LogP contribution in [0.1, 0.15) is 24.2 Å². The van der Waals surface area contributed by atoms with Gasteiger partial charge in [-0.3, -0.25) is 0 Å². The van der Waals surface area contributed by atoms with Crippen molar-refractivity contribution in [2.75, 3.05) is 6.54 Å². The van der Waals surface area contributed by atoms with Crippen molar-refractivity contribution in [1.82, 2.24) is 19.7 Å². The van der Waals surface area contributed by atoms with Crippen molar-refractivity contribution in [3.8, 4) is 11.5 Å². The quantitative estimate of drug-likeness (QED) is 0.876. The van der Waals surface area contributed by atoms with Gasteiger partial charge in [-0.25, -0.2) is 4.98 Å². The molecule has 0 saturated heterocycles. The summed E-state index contributed by atoms with van der Waals surface area (Å²) in [6, 6.07) is 0. The van der Waals surface area contributed by atoms with Gasteiger partial charge in [0.15, 0.2) is 5.82 Å². The Hall–Kier alpha value is -1.27. The maximum absolute atomic E-state index is 5.52. The fourth-order valence-corrected chi connectivity index (χ4v) is 2.51. The standard InChI is InChI=1S/C11H17N5S/c1-3-6-16-8(2)14-15-11(16)9-7-17-10(13-9)4-5-12/h7H,3-6,12H2,1-2H3. The molecule has 0 fully saturated rings. The smallest absolute Gasteiger partial charge is 0.183 e. The van der Waals surface area contributed by atoms with E-state index in [1.807, 2.05) is 12.3 Å². The van der Waals surface area contributed by atoms with Gasteiger partial charge in [0.05, 0.1) is 5.01 Å². The fourth-order valence-electron chi connectivity index (χ4n) is 1.71. The Bertz CT molecular complexity index is 488. The zero-order valence-corrected chi connectivity index (χ0v) is 11.0. The molecule has 92 valence electrons. The first-order chi connectivity index (χ1) is 8.26. The Morgan fingerprint density at radius 3 is 2.94 bits per heavy atom. The Morgan fingerprint density at radius 2 is 2.24 bits per heavy atom.